The largest absolute Gasteiger partial charge is 0.481 e. The molecule has 5 heteroatoms. The normalized spacial score (nSPS) is 11.8. The predicted molar refractivity (Wildman–Crippen MR) is 86.4 cm³/mol. The lowest BCUT2D eigenvalue weighted by Crippen LogP contribution is -2.30. The van der Waals surface area contributed by atoms with E-state index in [-0.39, 0.29) is 5.91 Å². The minimum absolute atomic E-state index is 0.232. The summed E-state index contributed by atoms with van der Waals surface area (Å²) in [7, 11) is 0. The Morgan fingerprint density at radius 2 is 1.81 bits per heavy atom. The van der Waals surface area contributed by atoms with Gasteiger partial charge < -0.3 is 10.1 Å². The average Bonchev–Trinajstić information content (AvgIpc) is 2.45. The molecule has 0 saturated heterocycles. The van der Waals surface area contributed by atoms with Gasteiger partial charge in [-0.1, -0.05) is 23.2 Å². The van der Waals surface area contributed by atoms with Crippen LogP contribution in [0.5, 0.6) is 5.75 Å². The fourth-order valence-electron chi connectivity index (χ4n) is 1.73. The highest BCUT2D eigenvalue weighted by Crippen LogP contribution is 2.22. The molecule has 1 amide bonds. The molecule has 0 saturated carbocycles. The molecule has 0 radical (unpaired) electrons. The monoisotopic (exact) mass is 323 g/mol. The number of carbonyl (C=O) groups is 1. The summed E-state index contributed by atoms with van der Waals surface area (Å²) in [4.78, 5) is 12.1. The molecule has 2 aromatic carbocycles. The summed E-state index contributed by atoms with van der Waals surface area (Å²) in [6.07, 6.45) is -0.624. The van der Waals surface area contributed by atoms with Gasteiger partial charge in [-0.25, -0.2) is 0 Å². The van der Waals surface area contributed by atoms with Gasteiger partial charge in [-0.2, -0.15) is 0 Å². The zero-order chi connectivity index (χ0) is 15.4. The zero-order valence-corrected chi connectivity index (χ0v) is 13.2. The van der Waals surface area contributed by atoms with E-state index >= 15 is 0 Å². The first kappa shape index (κ1) is 15.7. The number of nitrogens with one attached hydrogen (secondary N) is 1. The fraction of sp³-hybridized carbons (Fsp3) is 0.188. The highest BCUT2D eigenvalue weighted by Gasteiger charge is 2.15. The smallest absolute Gasteiger partial charge is 0.265 e. The molecule has 1 atom stereocenters. The van der Waals surface area contributed by atoms with Gasteiger partial charge in [0.2, 0.25) is 0 Å². The van der Waals surface area contributed by atoms with Crippen molar-refractivity contribution in [3.63, 3.8) is 0 Å². The van der Waals surface area contributed by atoms with E-state index < -0.39 is 6.10 Å². The molecule has 0 unspecified atom stereocenters. The minimum Gasteiger partial charge on any atom is -0.481 e. The maximum absolute atomic E-state index is 12.1. The number of hydrogen-bond donors (Lipinski definition) is 1. The van der Waals surface area contributed by atoms with E-state index in [2.05, 4.69) is 5.32 Å². The topological polar surface area (TPSA) is 38.3 Å². The fourth-order valence-corrected chi connectivity index (χ4v) is 1.97. The Hall–Kier alpha value is -1.71. The molecular weight excluding hydrogens is 309 g/mol. The summed E-state index contributed by atoms with van der Waals surface area (Å²) >= 11 is 11.8. The van der Waals surface area contributed by atoms with Crippen LogP contribution in [0.4, 0.5) is 5.69 Å². The summed E-state index contributed by atoms with van der Waals surface area (Å²) in [6.45, 7) is 3.57. The van der Waals surface area contributed by atoms with Crippen molar-refractivity contribution >= 4 is 34.8 Å². The van der Waals surface area contributed by atoms with Crippen LogP contribution in [0, 0.1) is 6.92 Å². The molecule has 1 N–H and O–H groups in total. The molecule has 21 heavy (non-hydrogen) atoms. The molecular formula is C16H15Cl2NO2. The number of anilines is 1. The molecule has 0 fully saturated rings. The lowest BCUT2D eigenvalue weighted by atomic mass is 10.2. The molecule has 2 rings (SSSR count). The second-order valence-electron chi connectivity index (χ2n) is 4.67. The highest BCUT2D eigenvalue weighted by molar-refractivity contribution is 6.31. The van der Waals surface area contributed by atoms with E-state index in [1.54, 1.807) is 49.4 Å². The molecule has 2 aromatic rings. The van der Waals surface area contributed by atoms with Crippen LogP contribution >= 0.6 is 23.2 Å². The number of carbonyl (C=O) groups excluding carboxylic acids is 1. The summed E-state index contributed by atoms with van der Waals surface area (Å²) in [5.74, 6) is 0.376. The van der Waals surface area contributed by atoms with Gasteiger partial charge in [0.1, 0.15) is 5.75 Å². The lowest BCUT2D eigenvalue weighted by molar-refractivity contribution is -0.122. The Bertz CT molecular complexity index is 641. The van der Waals surface area contributed by atoms with Crippen molar-refractivity contribution in [2.45, 2.75) is 20.0 Å². The van der Waals surface area contributed by atoms with Crippen LogP contribution < -0.4 is 10.1 Å². The first-order valence-electron chi connectivity index (χ1n) is 6.45. The van der Waals surface area contributed by atoms with Crippen molar-refractivity contribution in [1.29, 1.82) is 0 Å². The second kappa shape index (κ2) is 6.83. The number of ether oxygens (including phenoxy) is 1. The Labute approximate surface area is 133 Å². The van der Waals surface area contributed by atoms with Crippen LogP contribution in [-0.2, 0) is 4.79 Å². The predicted octanol–water partition coefficient (Wildman–Crippen LogP) is 4.71. The van der Waals surface area contributed by atoms with E-state index in [0.29, 0.717) is 21.5 Å². The quantitative estimate of drug-likeness (QED) is 0.885. The first-order valence-corrected chi connectivity index (χ1v) is 7.20. The number of amides is 1. The number of rotatable bonds is 4. The minimum atomic E-state index is -0.624. The van der Waals surface area contributed by atoms with Gasteiger partial charge in [0.05, 0.1) is 0 Å². The van der Waals surface area contributed by atoms with Crippen LogP contribution in [0.1, 0.15) is 12.5 Å². The Kier molecular flexibility index (Phi) is 5.10. The molecule has 0 aliphatic heterocycles. The lowest BCUT2D eigenvalue weighted by Gasteiger charge is -2.15. The van der Waals surface area contributed by atoms with Crippen molar-refractivity contribution in [3.05, 3.63) is 58.1 Å². The molecule has 0 aliphatic rings. The molecule has 110 valence electrons. The molecule has 0 spiro atoms. The summed E-state index contributed by atoms with van der Waals surface area (Å²) in [5, 5.41) is 4.05. The van der Waals surface area contributed by atoms with Crippen LogP contribution in [-0.4, -0.2) is 12.0 Å². The van der Waals surface area contributed by atoms with Crippen LogP contribution in [0.3, 0.4) is 0 Å². The van der Waals surface area contributed by atoms with Crippen molar-refractivity contribution in [2.24, 2.45) is 0 Å². The Morgan fingerprint density at radius 3 is 2.43 bits per heavy atom. The van der Waals surface area contributed by atoms with E-state index in [4.69, 9.17) is 27.9 Å². The van der Waals surface area contributed by atoms with Gasteiger partial charge in [-0.15, -0.1) is 0 Å². The van der Waals surface area contributed by atoms with Crippen molar-refractivity contribution in [2.75, 3.05) is 5.32 Å². The maximum atomic E-state index is 12.1. The van der Waals surface area contributed by atoms with Crippen LogP contribution in [0.25, 0.3) is 0 Å². The molecule has 0 bridgehead atoms. The number of aryl methyl sites for hydroxylation is 1. The van der Waals surface area contributed by atoms with Gasteiger partial charge in [0.15, 0.2) is 6.10 Å². The SMILES string of the molecule is Cc1cc(O[C@@H](C)C(=O)Nc2ccc(Cl)cc2)ccc1Cl. The number of hydrogen-bond acceptors (Lipinski definition) is 2. The van der Waals surface area contributed by atoms with Gasteiger partial charge in [0.25, 0.3) is 5.91 Å². The summed E-state index contributed by atoms with van der Waals surface area (Å²) in [5.41, 5.74) is 1.58. The molecule has 0 aromatic heterocycles. The summed E-state index contributed by atoms with van der Waals surface area (Å²) < 4.78 is 5.61. The standard InChI is InChI=1S/C16H15Cl2NO2/c1-10-9-14(7-8-15(10)18)21-11(2)16(20)19-13-5-3-12(17)4-6-13/h3-9,11H,1-2H3,(H,19,20)/t11-/m0/s1. The number of halogens is 2. The third-order valence-corrected chi connectivity index (χ3v) is 3.60. The molecule has 0 heterocycles. The van der Waals surface area contributed by atoms with Crippen molar-refractivity contribution < 1.29 is 9.53 Å². The maximum Gasteiger partial charge on any atom is 0.265 e. The highest BCUT2D eigenvalue weighted by atomic mass is 35.5. The molecule has 3 nitrogen and oxygen atoms in total. The Balaban J connectivity index is 1.98. The van der Waals surface area contributed by atoms with Gasteiger partial charge in [-0.3, -0.25) is 4.79 Å². The van der Waals surface area contributed by atoms with E-state index in [1.807, 2.05) is 6.92 Å². The average molecular weight is 324 g/mol. The van der Waals surface area contributed by atoms with Gasteiger partial charge in [0, 0.05) is 15.7 Å². The number of benzene rings is 2. The van der Waals surface area contributed by atoms with Crippen LogP contribution in [0.2, 0.25) is 10.0 Å². The summed E-state index contributed by atoms with van der Waals surface area (Å²) in [6, 6.07) is 12.2. The zero-order valence-electron chi connectivity index (χ0n) is 11.7. The van der Waals surface area contributed by atoms with E-state index in [1.165, 1.54) is 0 Å². The molecule has 0 aliphatic carbocycles. The third kappa shape index (κ3) is 4.38. The second-order valence-corrected chi connectivity index (χ2v) is 5.51. The van der Waals surface area contributed by atoms with Crippen molar-refractivity contribution in [1.82, 2.24) is 0 Å². The van der Waals surface area contributed by atoms with Gasteiger partial charge >= 0.3 is 0 Å². The van der Waals surface area contributed by atoms with Crippen LogP contribution in [0.15, 0.2) is 42.5 Å². The third-order valence-electron chi connectivity index (χ3n) is 2.92. The van der Waals surface area contributed by atoms with Gasteiger partial charge in [-0.05, 0) is 61.9 Å². The van der Waals surface area contributed by atoms with Crippen molar-refractivity contribution in [3.8, 4) is 5.75 Å². The Morgan fingerprint density at radius 1 is 1.14 bits per heavy atom. The van der Waals surface area contributed by atoms with E-state index in [9.17, 15) is 4.79 Å². The van der Waals surface area contributed by atoms with E-state index in [0.717, 1.165) is 5.56 Å². The first-order chi connectivity index (χ1) is 9.95.